The first-order chi connectivity index (χ1) is 15.6. The van der Waals surface area contributed by atoms with Gasteiger partial charge in [-0.3, -0.25) is 14.4 Å². The normalized spacial score (nSPS) is 15.6. The Morgan fingerprint density at radius 2 is 1.39 bits per heavy atom. The first-order valence-electron chi connectivity index (χ1n) is 11.5. The van der Waals surface area contributed by atoms with Crippen molar-refractivity contribution >= 4 is 36.3 Å². The quantitative estimate of drug-likeness (QED) is 0.0890. The Hall–Kier alpha value is -1.89. The molecule has 12 heteroatoms. The minimum absolute atomic E-state index is 0.00121. The van der Waals surface area contributed by atoms with Crippen LogP contribution in [0.4, 0.5) is 0 Å². The van der Waals surface area contributed by atoms with Crippen molar-refractivity contribution in [1.82, 2.24) is 16.0 Å². The maximum atomic E-state index is 12.9. The van der Waals surface area contributed by atoms with Crippen molar-refractivity contribution in [2.24, 2.45) is 23.1 Å². The Morgan fingerprint density at radius 1 is 0.848 bits per heavy atom. The summed E-state index contributed by atoms with van der Waals surface area (Å²) in [5, 5.41) is 17.1. The fourth-order valence-electron chi connectivity index (χ4n) is 3.08. The molecule has 0 aromatic carbocycles. The van der Waals surface area contributed by atoms with E-state index in [1.165, 1.54) is 0 Å². The zero-order chi connectivity index (χ0) is 25.4. The Labute approximate surface area is 201 Å². The molecule has 3 amide bonds. The molecule has 0 aliphatic carbocycles. The van der Waals surface area contributed by atoms with Crippen molar-refractivity contribution in [3.63, 3.8) is 0 Å². The average Bonchev–Trinajstić information content (AvgIpc) is 2.79. The van der Waals surface area contributed by atoms with Crippen LogP contribution in [-0.4, -0.2) is 71.8 Å². The van der Waals surface area contributed by atoms with Gasteiger partial charge in [-0.2, -0.15) is 12.6 Å². The molecule has 0 heterocycles. The van der Waals surface area contributed by atoms with Gasteiger partial charge < -0.3 is 38.3 Å². The third-order valence-corrected chi connectivity index (χ3v) is 5.84. The van der Waals surface area contributed by atoms with Gasteiger partial charge in [-0.05, 0) is 51.1 Å². The SMILES string of the molecule is CCC(C)C(NC(=O)C(CS)NC(=O)C(N)CCCCN)C(=O)NC(CCCCN)C(=O)O. The summed E-state index contributed by atoms with van der Waals surface area (Å²) >= 11 is 4.14. The van der Waals surface area contributed by atoms with Crippen molar-refractivity contribution in [3.05, 3.63) is 0 Å². The molecule has 5 unspecified atom stereocenters. The molecule has 0 aliphatic rings. The molecule has 0 saturated heterocycles. The smallest absolute Gasteiger partial charge is 0.326 e. The second-order valence-electron chi connectivity index (χ2n) is 8.19. The number of rotatable bonds is 18. The lowest BCUT2D eigenvalue weighted by molar-refractivity contribution is -0.142. The molecule has 0 spiro atoms. The number of carbonyl (C=O) groups is 4. The molecule has 0 aromatic rings. The minimum atomic E-state index is -1.15. The van der Waals surface area contributed by atoms with Crippen LogP contribution in [0, 0.1) is 5.92 Å². The topological polar surface area (TPSA) is 203 Å². The van der Waals surface area contributed by atoms with Crippen molar-refractivity contribution in [2.75, 3.05) is 18.8 Å². The molecule has 33 heavy (non-hydrogen) atoms. The largest absolute Gasteiger partial charge is 0.480 e. The molecular weight excluding hydrogens is 448 g/mol. The summed E-state index contributed by atoms with van der Waals surface area (Å²) in [5.41, 5.74) is 16.8. The lowest BCUT2D eigenvalue weighted by atomic mass is 9.97. The van der Waals surface area contributed by atoms with E-state index in [-0.39, 0.29) is 18.1 Å². The number of unbranched alkanes of at least 4 members (excludes halogenated alkanes) is 2. The van der Waals surface area contributed by atoms with Gasteiger partial charge >= 0.3 is 5.97 Å². The van der Waals surface area contributed by atoms with Gasteiger partial charge in [-0.1, -0.05) is 26.7 Å². The highest BCUT2D eigenvalue weighted by Gasteiger charge is 2.32. The molecule has 192 valence electrons. The van der Waals surface area contributed by atoms with Crippen molar-refractivity contribution in [3.8, 4) is 0 Å². The van der Waals surface area contributed by atoms with Crippen LogP contribution in [0.15, 0.2) is 0 Å². The Bertz CT molecular complexity index is 624. The van der Waals surface area contributed by atoms with Crippen LogP contribution in [-0.2, 0) is 19.2 Å². The summed E-state index contributed by atoms with van der Waals surface area (Å²) in [7, 11) is 0. The molecule has 0 saturated carbocycles. The van der Waals surface area contributed by atoms with E-state index in [4.69, 9.17) is 17.2 Å². The number of carbonyl (C=O) groups excluding carboxylic acids is 3. The monoisotopic (exact) mass is 490 g/mol. The van der Waals surface area contributed by atoms with Crippen LogP contribution in [0.25, 0.3) is 0 Å². The first-order valence-corrected chi connectivity index (χ1v) is 12.2. The Balaban J connectivity index is 5.18. The number of amides is 3. The van der Waals surface area contributed by atoms with Crippen molar-refractivity contribution in [2.45, 2.75) is 83.0 Å². The van der Waals surface area contributed by atoms with Gasteiger partial charge in [0.2, 0.25) is 17.7 Å². The molecule has 0 aromatic heterocycles. The summed E-state index contributed by atoms with van der Waals surface area (Å²) in [5.74, 6) is -3.11. The van der Waals surface area contributed by atoms with Crippen molar-refractivity contribution in [1.29, 1.82) is 0 Å². The number of carboxylic acids is 1. The summed E-state index contributed by atoms with van der Waals surface area (Å²) in [6, 6.07) is -3.85. The first kappa shape index (κ1) is 31.1. The molecular formula is C21H42N6O5S. The number of carboxylic acid groups (broad SMARTS) is 1. The summed E-state index contributed by atoms with van der Waals surface area (Å²) in [6.45, 7) is 4.56. The van der Waals surface area contributed by atoms with Gasteiger partial charge in [-0.15, -0.1) is 0 Å². The second kappa shape index (κ2) is 17.6. The van der Waals surface area contributed by atoms with E-state index < -0.39 is 47.9 Å². The molecule has 11 nitrogen and oxygen atoms in total. The number of nitrogens with two attached hydrogens (primary N) is 3. The maximum Gasteiger partial charge on any atom is 0.326 e. The van der Waals surface area contributed by atoms with Gasteiger partial charge in [0.1, 0.15) is 18.1 Å². The van der Waals surface area contributed by atoms with E-state index in [0.717, 1.165) is 6.42 Å². The van der Waals surface area contributed by atoms with E-state index in [0.29, 0.717) is 45.2 Å². The molecule has 0 rings (SSSR count). The van der Waals surface area contributed by atoms with Gasteiger partial charge in [-0.25, -0.2) is 4.79 Å². The van der Waals surface area contributed by atoms with Crippen LogP contribution in [0.5, 0.6) is 0 Å². The van der Waals surface area contributed by atoms with Gasteiger partial charge in [0.15, 0.2) is 0 Å². The van der Waals surface area contributed by atoms with Gasteiger partial charge in [0.05, 0.1) is 6.04 Å². The predicted molar refractivity (Wildman–Crippen MR) is 131 cm³/mol. The van der Waals surface area contributed by atoms with Crippen molar-refractivity contribution < 1.29 is 24.3 Å². The second-order valence-corrected chi connectivity index (χ2v) is 8.56. The summed E-state index contributed by atoms with van der Waals surface area (Å²) in [4.78, 5) is 49.5. The Kier molecular flexibility index (Phi) is 16.6. The van der Waals surface area contributed by atoms with Gasteiger partial charge in [0, 0.05) is 5.75 Å². The van der Waals surface area contributed by atoms with E-state index in [9.17, 15) is 24.3 Å². The van der Waals surface area contributed by atoms with E-state index in [1.807, 2.05) is 6.92 Å². The molecule has 0 fully saturated rings. The van der Waals surface area contributed by atoms with E-state index in [2.05, 4.69) is 28.6 Å². The third kappa shape index (κ3) is 12.2. The molecule has 0 bridgehead atoms. The zero-order valence-electron chi connectivity index (χ0n) is 19.7. The molecule has 0 aliphatic heterocycles. The third-order valence-electron chi connectivity index (χ3n) is 5.48. The Morgan fingerprint density at radius 3 is 1.88 bits per heavy atom. The van der Waals surface area contributed by atoms with Crippen LogP contribution in [0.3, 0.4) is 0 Å². The standard InChI is InChI=1S/C21H42N6O5S/c1-3-13(2)17(20(30)25-15(21(31)32)9-5-7-11-23)27-19(29)16(12-33)26-18(28)14(24)8-4-6-10-22/h13-17,33H,3-12,22-24H2,1-2H3,(H,25,30)(H,26,28)(H,27,29)(H,31,32). The number of hydrogen-bond donors (Lipinski definition) is 8. The summed E-state index contributed by atoms with van der Waals surface area (Å²) in [6.07, 6.45) is 3.85. The number of thiol groups is 1. The van der Waals surface area contributed by atoms with Crippen LogP contribution in [0.1, 0.15) is 58.8 Å². The maximum absolute atomic E-state index is 12.9. The van der Waals surface area contributed by atoms with Crippen LogP contribution >= 0.6 is 12.6 Å². The lowest BCUT2D eigenvalue weighted by Crippen LogP contribution is -2.59. The highest BCUT2D eigenvalue weighted by atomic mass is 32.1. The number of aliphatic carboxylic acids is 1. The van der Waals surface area contributed by atoms with Crippen LogP contribution in [0.2, 0.25) is 0 Å². The molecule has 10 N–H and O–H groups in total. The average molecular weight is 491 g/mol. The van der Waals surface area contributed by atoms with Gasteiger partial charge in [0.25, 0.3) is 0 Å². The lowest BCUT2D eigenvalue weighted by Gasteiger charge is -2.27. The minimum Gasteiger partial charge on any atom is -0.480 e. The highest BCUT2D eigenvalue weighted by Crippen LogP contribution is 2.10. The zero-order valence-corrected chi connectivity index (χ0v) is 20.6. The fourth-order valence-corrected chi connectivity index (χ4v) is 3.34. The highest BCUT2D eigenvalue weighted by molar-refractivity contribution is 7.80. The summed E-state index contributed by atoms with van der Waals surface area (Å²) < 4.78 is 0. The van der Waals surface area contributed by atoms with E-state index in [1.54, 1.807) is 6.92 Å². The molecule has 5 atom stereocenters. The molecule has 0 radical (unpaired) electrons. The fraction of sp³-hybridized carbons (Fsp3) is 0.810. The van der Waals surface area contributed by atoms with Crippen LogP contribution < -0.4 is 33.2 Å². The number of hydrogen-bond acceptors (Lipinski definition) is 8. The van der Waals surface area contributed by atoms with E-state index >= 15 is 0 Å². The number of nitrogens with one attached hydrogen (secondary N) is 3. The predicted octanol–water partition coefficient (Wildman–Crippen LogP) is -0.913.